The van der Waals surface area contributed by atoms with Crippen molar-refractivity contribution in [3.8, 4) is 11.8 Å². The van der Waals surface area contributed by atoms with Gasteiger partial charge in [-0.05, 0) is 5.92 Å². The number of aliphatic hydroxyl groups is 3. The van der Waals surface area contributed by atoms with Crippen LogP contribution in [0.3, 0.4) is 0 Å². The maximum atomic E-state index is 10.1. The van der Waals surface area contributed by atoms with Crippen LogP contribution in [0.25, 0.3) is 11.2 Å². The molecule has 122 valence electrons. The molecule has 0 aromatic carbocycles. The van der Waals surface area contributed by atoms with Gasteiger partial charge in [0, 0.05) is 6.42 Å². The Morgan fingerprint density at radius 3 is 2.78 bits per heavy atom. The normalized spacial score (nSPS) is 27.1. The van der Waals surface area contributed by atoms with Gasteiger partial charge in [0.05, 0.1) is 12.9 Å². The number of nitrogen functional groups attached to an aromatic ring is 1. The Morgan fingerprint density at radius 1 is 1.35 bits per heavy atom. The van der Waals surface area contributed by atoms with Crippen LogP contribution in [-0.2, 0) is 4.74 Å². The fourth-order valence-electron chi connectivity index (χ4n) is 2.46. The van der Waals surface area contributed by atoms with Crippen LogP contribution in [0, 0.1) is 11.8 Å². The minimum Gasteiger partial charge on any atom is -0.394 e. The Hall–Kier alpha value is -2.25. The molecular formula is C14H17N5O4. The molecule has 9 nitrogen and oxygen atoms in total. The largest absolute Gasteiger partial charge is 0.394 e. The summed E-state index contributed by atoms with van der Waals surface area (Å²) in [6.07, 6.45) is -2.21. The van der Waals surface area contributed by atoms with Gasteiger partial charge in [-0.2, -0.15) is 0 Å². The fraction of sp³-hybridized carbons (Fsp3) is 0.500. The van der Waals surface area contributed by atoms with Crippen molar-refractivity contribution < 1.29 is 20.1 Å². The summed E-state index contributed by atoms with van der Waals surface area (Å²) in [6.45, 7) is 1.49. The molecule has 23 heavy (non-hydrogen) atoms. The van der Waals surface area contributed by atoms with Gasteiger partial charge in [0.25, 0.3) is 0 Å². The van der Waals surface area contributed by atoms with Crippen molar-refractivity contribution in [3.63, 3.8) is 0 Å². The molecule has 0 aliphatic carbocycles. The first-order valence-electron chi connectivity index (χ1n) is 7.18. The smallest absolute Gasteiger partial charge is 0.208 e. The van der Waals surface area contributed by atoms with Crippen molar-refractivity contribution in [2.75, 3.05) is 12.3 Å². The molecule has 0 amide bonds. The Morgan fingerprint density at radius 2 is 2.13 bits per heavy atom. The maximum absolute atomic E-state index is 10.1. The lowest BCUT2D eigenvalue weighted by Crippen LogP contribution is -2.33. The summed E-state index contributed by atoms with van der Waals surface area (Å²) in [5.41, 5.74) is 6.56. The quantitative estimate of drug-likeness (QED) is 0.505. The van der Waals surface area contributed by atoms with E-state index < -0.39 is 31.1 Å². The Kier molecular flexibility index (Phi) is 4.14. The van der Waals surface area contributed by atoms with Crippen LogP contribution in [0.1, 0.15) is 25.4 Å². The first-order valence-corrected chi connectivity index (χ1v) is 7.18. The summed E-state index contributed by atoms with van der Waals surface area (Å²) >= 11 is 0. The highest BCUT2D eigenvalue weighted by atomic mass is 16.6. The van der Waals surface area contributed by atoms with Gasteiger partial charge in [0.15, 0.2) is 17.7 Å². The second-order valence-electron chi connectivity index (χ2n) is 5.14. The Labute approximate surface area is 131 Å². The fourth-order valence-corrected chi connectivity index (χ4v) is 2.46. The summed E-state index contributed by atoms with van der Waals surface area (Å²) in [7, 11) is 0. The van der Waals surface area contributed by atoms with Crippen LogP contribution >= 0.6 is 0 Å². The van der Waals surface area contributed by atoms with Gasteiger partial charge in [-0.15, -0.1) is 0 Å². The van der Waals surface area contributed by atoms with E-state index in [4.69, 9.17) is 10.5 Å². The molecular weight excluding hydrogens is 302 g/mol. The molecule has 3 heterocycles. The third kappa shape index (κ3) is 2.62. The summed E-state index contributed by atoms with van der Waals surface area (Å²) in [6, 6.07) is 0. The third-order valence-electron chi connectivity index (χ3n) is 3.62. The van der Waals surface area contributed by atoms with Gasteiger partial charge in [-0.3, -0.25) is 4.57 Å². The summed E-state index contributed by atoms with van der Waals surface area (Å²) in [5.74, 6) is 6.05. The molecule has 0 saturated carbocycles. The molecule has 2 aromatic rings. The summed E-state index contributed by atoms with van der Waals surface area (Å²) < 4.78 is 6.94. The van der Waals surface area contributed by atoms with E-state index in [1.165, 1.54) is 10.9 Å². The first kappa shape index (κ1) is 15.6. The number of rotatable bonds is 2. The van der Waals surface area contributed by atoms with Crippen molar-refractivity contribution in [3.05, 3.63) is 12.2 Å². The zero-order valence-electron chi connectivity index (χ0n) is 12.4. The second-order valence-corrected chi connectivity index (χ2v) is 5.14. The van der Waals surface area contributed by atoms with Crippen LogP contribution < -0.4 is 5.73 Å². The molecule has 1 aliphatic rings. The molecule has 1 aliphatic heterocycles. The van der Waals surface area contributed by atoms with Gasteiger partial charge in [-0.25, -0.2) is 15.0 Å². The van der Waals surface area contributed by atoms with E-state index in [2.05, 4.69) is 26.8 Å². The molecule has 0 spiro atoms. The molecule has 2 unspecified atom stereocenters. The molecule has 3 rings (SSSR count). The monoisotopic (exact) mass is 319 g/mol. The van der Waals surface area contributed by atoms with Gasteiger partial charge in [0.1, 0.15) is 23.8 Å². The average Bonchev–Trinajstić information content (AvgIpc) is 3.08. The number of nitrogens with two attached hydrogens (primary N) is 1. The lowest BCUT2D eigenvalue weighted by molar-refractivity contribution is -0.0511. The van der Waals surface area contributed by atoms with Crippen molar-refractivity contribution in [1.82, 2.24) is 19.5 Å². The number of aliphatic hydroxyl groups excluding tert-OH is 3. The number of imidazole rings is 1. The van der Waals surface area contributed by atoms with Crippen molar-refractivity contribution >= 4 is 17.0 Å². The van der Waals surface area contributed by atoms with E-state index in [1.54, 1.807) is 0 Å². The maximum Gasteiger partial charge on any atom is 0.208 e. The molecule has 5 N–H and O–H groups in total. The van der Waals surface area contributed by atoms with Crippen LogP contribution in [0.15, 0.2) is 6.33 Å². The number of fused-ring (bicyclic) bond motifs is 1. The van der Waals surface area contributed by atoms with Gasteiger partial charge in [-0.1, -0.05) is 12.8 Å². The molecule has 2 aromatic heterocycles. The molecule has 9 heteroatoms. The number of aromatic nitrogens is 4. The lowest BCUT2D eigenvalue weighted by Gasteiger charge is -2.16. The standard InChI is InChI=1S/C14H17N5O4/c1-2-3-4-8-17-12(15)9-13(18-8)19(6-16-9)14-11(22)10(21)7(5-20)23-14/h6-7,10-11,14,20-22H,2,5H2,1H3,(H2,15,17,18)/t7?,10-,11-,14?/m1/s1. The number of nitrogens with zero attached hydrogens (tertiary/aromatic N) is 4. The molecule has 0 bridgehead atoms. The highest BCUT2D eigenvalue weighted by Gasteiger charge is 2.44. The predicted octanol–water partition coefficient (Wildman–Crippen LogP) is -1.22. The van der Waals surface area contributed by atoms with Crippen LogP contribution in [0.2, 0.25) is 0 Å². The van der Waals surface area contributed by atoms with E-state index in [9.17, 15) is 15.3 Å². The molecule has 1 saturated heterocycles. The van der Waals surface area contributed by atoms with E-state index in [1.807, 2.05) is 6.92 Å². The minimum absolute atomic E-state index is 0.167. The van der Waals surface area contributed by atoms with Gasteiger partial charge in [0.2, 0.25) is 5.82 Å². The van der Waals surface area contributed by atoms with Crippen LogP contribution in [-0.4, -0.2) is 59.8 Å². The number of anilines is 1. The van der Waals surface area contributed by atoms with E-state index in [0.717, 1.165) is 0 Å². The molecule has 4 atom stereocenters. The Bertz CT molecular complexity index is 781. The highest BCUT2D eigenvalue weighted by Crippen LogP contribution is 2.31. The number of hydrogen-bond donors (Lipinski definition) is 4. The lowest BCUT2D eigenvalue weighted by atomic mass is 10.1. The van der Waals surface area contributed by atoms with E-state index >= 15 is 0 Å². The predicted molar refractivity (Wildman–Crippen MR) is 79.9 cm³/mol. The van der Waals surface area contributed by atoms with E-state index in [0.29, 0.717) is 17.6 Å². The van der Waals surface area contributed by atoms with Crippen LogP contribution in [0.4, 0.5) is 5.82 Å². The third-order valence-corrected chi connectivity index (χ3v) is 3.62. The SMILES string of the molecule is CCC#Cc1nc(N)c2ncn(C3OC(CO)[C@@H](O)[C@H]3O)c2n1. The van der Waals surface area contributed by atoms with Gasteiger partial charge >= 0.3 is 0 Å². The topological polar surface area (TPSA) is 140 Å². The highest BCUT2D eigenvalue weighted by molar-refractivity contribution is 5.82. The molecule has 1 fully saturated rings. The van der Waals surface area contributed by atoms with Crippen LogP contribution in [0.5, 0.6) is 0 Å². The van der Waals surface area contributed by atoms with Gasteiger partial charge < -0.3 is 25.8 Å². The first-order chi connectivity index (χ1) is 11.1. The van der Waals surface area contributed by atoms with Crippen molar-refractivity contribution in [1.29, 1.82) is 0 Å². The van der Waals surface area contributed by atoms with Crippen molar-refractivity contribution in [2.24, 2.45) is 0 Å². The Balaban J connectivity index is 2.06. The zero-order valence-corrected chi connectivity index (χ0v) is 12.4. The average molecular weight is 319 g/mol. The van der Waals surface area contributed by atoms with Crippen molar-refractivity contribution in [2.45, 2.75) is 37.9 Å². The number of hydrogen-bond acceptors (Lipinski definition) is 8. The second kappa shape index (κ2) is 6.10. The summed E-state index contributed by atoms with van der Waals surface area (Å²) in [5, 5.41) is 29.2. The minimum atomic E-state index is -1.23. The number of ether oxygens (including phenoxy) is 1. The zero-order chi connectivity index (χ0) is 16.6. The molecule has 0 radical (unpaired) electrons. The van der Waals surface area contributed by atoms with E-state index in [-0.39, 0.29) is 11.6 Å². The summed E-state index contributed by atoms with van der Waals surface area (Å²) in [4.78, 5) is 12.5.